The van der Waals surface area contributed by atoms with Gasteiger partial charge in [-0.2, -0.15) is 0 Å². The van der Waals surface area contributed by atoms with E-state index in [0.717, 1.165) is 17.8 Å². The number of allylic oxidation sites excluding steroid dienone is 1. The minimum Gasteiger partial charge on any atom is -0.494 e. The summed E-state index contributed by atoms with van der Waals surface area (Å²) in [6, 6.07) is 2.72. The average Bonchev–Trinajstić information content (AvgIpc) is 3.60. The molecule has 0 aromatic carbocycles. The summed E-state index contributed by atoms with van der Waals surface area (Å²) in [4.78, 5) is 25.1. The molecule has 1 amide bonds. The molecule has 0 saturated heterocycles. The smallest absolute Gasteiger partial charge is 0.280 e. The van der Waals surface area contributed by atoms with Crippen molar-refractivity contribution in [3.05, 3.63) is 52.6 Å². The predicted octanol–water partition coefficient (Wildman–Crippen LogP) is 4.07. The van der Waals surface area contributed by atoms with Gasteiger partial charge in [-0.05, 0) is 31.1 Å². The zero-order chi connectivity index (χ0) is 24.2. The molecule has 1 fully saturated rings. The second-order valence-corrected chi connectivity index (χ2v) is 8.44. The molecule has 0 aliphatic heterocycles. The first-order valence-electron chi connectivity index (χ1n) is 10.3. The van der Waals surface area contributed by atoms with Crippen LogP contribution in [0.25, 0.3) is 16.8 Å². The number of aliphatic imine (C=N–C) groups is 1. The van der Waals surface area contributed by atoms with E-state index in [1.807, 2.05) is 0 Å². The first-order valence-corrected chi connectivity index (χ1v) is 11.1. The van der Waals surface area contributed by atoms with Gasteiger partial charge in [-0.15, -0.1) is 10.2 Å². The molecule has 4 rings (SSSR count). The number of nitrogens with two attached hydrogens (primary N) is 1. The third-order valence-corrected chi connectivity index (χ3v) is 6.06. The average molecular weight is 486 g/mol. The quantitative estimate of drug-likeness (QED) is 0.460. The van der Waals surface area contributed by atoms with Crippen molar-refractivity contribution in [3.63, 3.8) is 0 Å². The molecule has 1 aliphatic carbocycles. The fourth-order valence-corrected chi connectivity index (χ4v) is 4.06. The van der Waals surface area contributed by atoms with Crippen LogP contribution in [-0.2, 0) is 0 Å². The Morgan fingerprint density at radius 3 is 2.74 bits per heavy atom. The van der Waals surface area contributed by atoms with Crippen molar-refractivity contribution in [1.29, 1.82) is 0 Å². The minimum atomic E-state index is -2.81. The highest BCUT2D eigenvalue weighted by molar-refractivity contribution is 7.15. The third kappa shape index (κ3) is 5.06. The van der Waals surface area contributed by atoms with Gasteiger partial charge in [0.15, 0.2) is 0 Å². The highest BCUT2D eigenvalue weighted by atomic mass is 32.1. The molecule has 3 heterocycles. The Balaban J connectivity index is 1.79. The number of hydrogen-bond donors (Lipinski definition) is 2. The van der Waals surface area contributed by atoms with Crippen molar-refractivity contribution >= 4 is 34.3 Å². The maximum atomic E-state index is 13.4. The fourth-order valence-electron chi connectivity index (χ4n) is 3.15. The standard InChI is InChI=1S/C22H21F2N7O2S/c1-26-6-5-15(25)16-7-12(13-8-17(19(23)24)28-10-18(13)33-2)14(9-27-16)20(32)29-22-31-30-21(34-22)11-3-4-11/h5-11,19H,3-4,25H2,1-2H3,(H,29,31,32)/b15-5-,26-6?. The van der Waals surface area contributed by atoms with Crippen LogP contribution in [0.4, 0.5) is 13.9 Å². The lowest BCUT2D eigenvalue weighted by Gasteiger charge is -2.15. The topological polar surface area (TPSA) is 128 Å². The number of pyridine rings is 2. The maximum absolute atomic E-state index is 13.4. The molecule has 12 heteroatoms. The normalized spacial score (nSPS) is 14.1. The van der Waals surface area contributed by atoms with E-state index in [9.17, 15) is 13.6 Å². The zero-order valence-electron chi connectivity index (χ0n) is 18.3. The van der Waals surface area contributed by atoms with E-state index in [4.69, 9.17) is 10.5 Å². The SMILES string of the molecule is CN=C/C=C(\N)c1cc(-c2cc(C(F)F)ncc2OC)c(C(=O)Nc2nnc(C3CC3)s2)cn1. The molecule has 3 aromatic heterocycles. The first-order chi connectivity index (χ1) is 16.4. The van der Waals surface area contributed by atoms with Crippen LogP contribution in [-0.4, -0.2) is 46.4 Å². The van der Waals surface area contributed by atoms with Crippen molar-refractivity contribution < 1.29 is 18.3 Å². The summed E-state index contributed by atoms with van der Waals surface area (Å²) in [5.74, 6) is 0.0813. The van der Waals surface area contributed by atoms with Gasteiger partial charge in [-0.1, -0.05) is 11.3 Å². The van der Waals surface area contributed by atoms with Gasteiger partial charge in [0.05, 0.1) is 30.3 Å². The summed E-state index contributed by atoms with van der Waals surface area (Å²) in [7, 11) is 2.98. The molecule has 0 spiro atoms. The molecule has 9 nitrogen and oxygen atoms in total. The molecular weight excluding hydrogens is 464 g/mol. The second-order valence-electron chi connectivity index (χ2n) is 7.43. The third-order valence-electron chi connectivity index (χ3n) is 5.06. The fraction of sp³-hybridized carbons (Fsp3) is 0.273. The van der Waals surface area contributed by atoms with Gasteiger partial charge in [-0.25, -0.2) is 8.78 Å². The number of anilines is 1. The molecule has 1 saturated carbocycles. The van der Waals surface area contributed by atoms with E-state index in [1.165, 1.54) is 49.2 Å². The Kier molecular flexibility index (Phi) is 6.87. The zero-order valence-corrected chi connectivity index (χ0v) is 19.1. The Hall–Kier alpha value is -3.80. The van der Waals surface area contributed by atoms with Crippen LogP contribution in [0.15, 0.2) is 35.6 Å². The number of carbonyl (C=O) groups excluding carboxylic acids is 1. The number of aromatic nitrogens is 4. The summed E-state index contributed by atoms with van der Waals surface area (Å²) < 4.78 is 32.2. The van der Waals surface area contributed by atoms with Crippen LogP contribution >= 0.6 is 11.3 Å². The molecule has 3 N–H and O–H groups in total. The van der Waals surface area contributed by atoms with Crippen LogP contribution in [0.1, 0.15) is 51.9 Å². The van der Waals surface area contributed by atoms with Gasteiger partial charge in [0.1, 0.15) is 16.5 Å². The van der Waals surface area contributed by atoms with E-state index in [1.54, 1.807) is 13.1 Å². The molecule has 34 heavy (non-hydrogen) atoms. The number of amides is 1. The van der Waals surface area contributed by atoms with Crippen LogP contribution in [0.3, 0.4) is 0 Å². The lowest BCUT2D eigenvalue weighted by atomic mass is 9.98. The van der Waals surface area contributed by atoms with E-state index < -0.39 is 18.0 Å². The summed E-state index contributed by atoms with van der Waals surface area (Å²) in [5, 5.41) is 12.1. The highest BCUT2D eigenvalue weighted by Gasteiger charge is 2.28. The van der Waals surface area contributed by atoms with Gasteiger partial charge < -0.3 is 10.5 Å². The number of ether oxygens (including phenoxy) is 1. The molecule has 1 aliphatic rings. The van der Waals surface area contributed by atoms with Crippen molar-refractivity contribution in [3.8, 4) is 16.9 Å². The molecule has 176 valence electrons. The number of hydrogen-bond acceptors (Lipinski definition) is 9. The van der Waals surface area contributed by atoms with E-state index in [-0.39, 0.29) is 22.6 Å². The number of nitrogens with one attached hydrogen (secondary N) is 1. The Bertz CT molecular complexity index is 1270. The molecule has 0 unspecified atom stereocenters. The van der Waals surface area contributed by atoms with Gasteiger partial charge in [0.2, 0.25) is 5.13 Å². The number of nitrogens with zero attached hydrogens (tertiary/aromatic N) is 5. The van der Waals surface area contributed by atoms with Crippen molar-refractivity contribution in [2.45, 2.75) is 25.2 Å². The predicted molar refractivity (Wildman–Crippen MR) is 125 cm³/mol. The number of halogens is 2. The van der Waals surface area contributed by atoms with Gasteiger partial charge in [0.25, 0.3) is 12.3 Å². The van der Waals surface area contributed by atoms with Crippen LogP contribution in [0.5, 0.6) is 5.75 Å². The number of methoxy groups -OCH3 is 1. The van der Waals surface area contributed by atoms with E-state index >= 15 is 0 Å². The van der Waals surface area contributed by atoms with Crippen molar-refractivity contribution in [1.82, 2.24) is 20.2 Å². The van der Waals surface area contributed by atoms with Crippen LogP contribution in [0.2, 0.25) is 0 Å². The second kappa shape index (κ2) is 10.00. The molecule has 0 bridgehead atoms. The number of carbonyl (C=O) groups is 1. The van der Waals surface area contributed by atoms with Crippen LogP contribution in [0, 0.1) is 0 Å². The lowest BCUT2D eigenvalue weighted by molar-refractivity contribution is 0.102. The van der Waals surface area contributed by atoms with Gasteiger partial charge >= 0.3 is 0 Å². The molecule has 0 radical (unpaired) electrons. The van der Waals surface area contributed by atoms with Gasteiger partial charge in [0, 0.05) is 36.5 Å². The highest BCUT2D eigenvalue weighted by Crippen LogP contribution is 2.42. The molecule has 0 atom stereocenters. The first kappa shape index (κ1) is 23.4. The van der Waals surface area contributed by atoms with Crippen molar-refractivity contribution in [2.24, 2.45) is 10.7 Å². The number of rotatable bonds is 8. The summed E-state index contributed by atoms with van der Waals surface area (Å²) in [5.41, 5.74) is 6.89. The molecule has 3 aromatic rings. The molecular formula is C22H21F2N7O2S. The maximum Gasteiger partial charge on any atom is 0.280 e. The largest absolute Gasteiger partial charge is 0.494 e. The monoisotopic (exact) mass is 485 g/mol. The summed E-state index contributed by atoms with van der Waals surface area (Å²) in [6.45, 7) is 0. The Morgan fingerprint density at radius 1 is 1.26 bits per heavy atom. The Labute approximate surface area is 197 Å². The lowest BCUT2D eigenvalue weighted by Crippen LogP contribution is -2.15. The summed E-state index contributed by atoms with van der Waals surface area (Å²) in [6.07, 6.45) is 4.86. The summed E-state index contributed by atoms with van der Waals surface area (Å²) >= 11 is 1.31. The van der Waals surface area contributed by atoms with Crippen LogP contribution < -0.4 is 15.8 Å². The van der Waals surface area contributed by atoms with Gasteiger partial charge in [-0.3, -0.25) is 25.1 Å². The minimum absolute atomic E-state index is 0.119. The van der Waals surface area contributed by atoms with E-state index in [2.05, 4.69) is 30.5 Å². The van der Waals surface area contributed by atoms with E-state index in [0.29, 0.717) is 22.3 Å². The Morgan fingerprint density at radius 2 is 2.06 bits per heavy atom. The van der Waals surface area contributed by atoms with Crippen molar-refractivity contribution in [2.75, 3.05) is 19.5 Å². The number of alkyl halides is 2.